The zero-order chi connectivity index (χ0) is 14.2. The summed E-state index contributed by atoms with van der Waals surface area (Å²) in [4.78, 5) is 11.7. The number of halogens is 1. The lowest BCUT2D eigenvalue weighted by Gasteiger charge is -2.07. The second-order valence-electron chi connectivity index (χ2n) is 4.49. The van der Waals surface area contributed by atoms with Gasteiger partial charge in [0.05, 0.1) is 6.54 Å². The summed E-state index contributed by atoms with van der Waals surface area (Å²) in [6.45, 7) is 1.51. The number of nitrogens with one attached hydrogen (secondary N) is 2. The van der Waals surface area contributed by atoms with Crippen molar-refractivity contribution in [2.75, 3.05) is 6.54 Å². The van der Waals surface area contributed by atoms with Crippen LogP contribution in [-0.4, -0.2) is 12.5 Å². The molecular weight excluding hydrogens is 272 g/mol. The molecule has 1 amide bonds. The zero-order valence-corrected chi connectivity index (χ0v) is 11.9. The van der Waals surface area contributed by atoms with Gasteiger partial charge in [-0.3, -0.25) is 4.79 Å². The van der Waals surface area contributed by atoms with Crippen molar-refractivity contribution in [2.45, 2.75) is 13.1 Å². The van der Waals surface area contributed by atoms with Crippen LogP contribution in [0.15, 0.2) is 54.6 Å². The molecule has 0 radical (unpaired) electrons. The van der Waals surface area contributed by atoms with Crippen molar-refractivity contribution in [3.63, 3.8) is 0 Å². The Balaban J connectivity index is 1.66. The van der Waals surface area contributed by atoms with Gasteiger partial charge in [-0.2, -0.15) is 0 Å². The van der Waals surface area contributed by atoms with Crippen LogP contribution in [0.4, 0.5) is 0 Å². The van der Waals surface area contributed by atoms with E-state index in [0.717, 1.165) is 11.1 Å². The molecule has 0 aliphatic rings. The molecule has 0 spiro atoms. The summed E-state index contributed by atoms with van der Waals surface area (Å²) in [6, 6.07) is 17.4. The average molecular weight is 289 g/mol. The predicted octanol–water partition coefficient (Wildman–Crippen LogP) is 2.75. The summed E-state index contributed by atoms with van der Waals surface area (Å²) in [5.74, 6) is -0.0113. The van der Waals surface area contributed by atoms with E-state index in [2.05, 4.69) is 10.6 Å². The maximum Gasteiger partial charge on any atom is 0.234 e. The highest BCUT2D eigenvalue weighted by atomic mass is 35.5. The minimum atomic E-state index is -0.0113. The monoisotopic (exact) mass is 288 g/mol. The largest absolute Gasteiger partial charge is 0.351 e. The molecule has 0 aromatic heterocycles. The van der Waals surface area contributed by atoms with Gasteiger partial charge in [-0.1, -0.05) is 54.1 Å². The van der Waals surface area contributed by atoms with Crippen molar-refractivity contribution in [1.29, 1.82) is 0 Å². The van der Waals surface area contributed by atoms with Gasteiger partial charge in [0.15, 0.2) is 0 Å². The van der Waals surface area contributed by atoms with Crippen LogP contribution in [0.5, 0.6) is 0 Å². The van der Waals surface area contributed by atoms with E-state index in [1.54, 1.807) is 0 Å². The van der Waals surface area contributed by atoms with Crippen LogP contribution in [0.2, 0.25) is 5.02 Å². The molecule has 0 atom stereocenters. The maximum absolute atomic E-state index is 11.7. The van der Waals surface area contributed by atoms with E-state index in [9.17, 15) is 4.79 Å². The molecule has 20 heavy (non-hydrogen) atoms. The van der Waals surface area contributed by atoms with Gasteiger partial charge in [0.2, 0.25) is 5.91 Å². The first-order valence-corrected chi connectivity index (χ1v) is 6.87. The topological polar surface area (TPSA) is 41.1 Å². The molecule has 0 saturated heterocycles. The molecule has 3 nitrogen and oxygen atoms in total. The van der Waals surface area contributed by atoms with Crippen molar-refractivity contribution in [2.24, 2.45) is 0 Å². The highest BCUT2D eigenvalue weighted by Crippen LogP contribution is 2.08. The fraction of sp³-hybridized carbons (Fsp3) is 0.188. The molecule has 0 heterocycles. The van der Waals surface area contributed by atoms with Crippen molar-refractivity contribution < 1.29 is 4.79 Å². The van der Waals surface area contributed by atoms with Crippen molar-refractivity contribution >= 4 is 17.5 Å². The van der Waals surface area contributed by atoms with Crippen LogP contribution in [0, 0.1) is 0 Å². The highest BCUT2D eigenvalue weighted by Gasteiger charge is 2.00. The van der Waals surface area contributed by atoms with Crippen LogP contribution >= 0.6 is 11.6 Å². The lowest BCUT2D eigenvalue weighted by atomic mass is 10.2. The van der Waals surface area contributed by atoms with Gasteiger partial charge < -0.3 is 10.6 Å². The zero-order valence-electron chi connectivity index (χ0n) is 11.1. The molecule has 0 bridgehead atoms. The number of amides is 1. The third-order valence-electron chi connectivity index (χ3n) is 2.86. The average Bonchev–Trinajstić information content (AvgIpc) is 2.48. The molecular formula is C16H17ClN2O. The third-order valence-corrected chi connectivity index (χ3v) is 3.11. The summed E-state index contributed by atoms with van der Waals surface area (Å²) < 4.78 is 0. The third kappa shape index (κ3) is 5.03. The maximum atomic E-state index is 11.7. The second kappa shape index (κ2) is 7.68. The number of carbonyl (C=O) groups is 1. The van der Waals surface area contributed by atoms with Crippen LogP contribution in [0.3, 0.4) is 0 Å². The number of rotatable bonds is 6. The molecule has 2 N–H and O–H groups in total. The van der Waals surface area contributed by atoms with Crippen molar-refractivity contribution in [3.05, 3.63) is 70.7 Å². The molecule has 2 aromatic rings. The quantitative estimate of drug-likeness (QED) is 0.858. The first-order chi connectivity index (χ1) is 9.74. The van der Waals surface area contributed by atoms with Crippen LogP contribution < -0.4 is 10.6 Å². The Bertz CT molecular complexity index is 540. The minimum absolute atomic E-state index is 0.0113. The second-order valence-corrected chi connectivity index (χ2v) is 4.93. The van der Waals surface area contributed by atoms with E-state index >= 15 is 0 Å². The van der Waals surface area contributed by atoms with Crippen LogP contribution in [-0.2, 0) is 17.9 Å². The minimum Gasteiger partial charge on any atom is -0.351 e. The van der Waals surface area contributed by atoms with E-state index in [1.807, 2.05) is 54.6 Å². The summed E-state index contributed by atoms with van der Waals surface area (Å²) >= 11 is 5.81. The van der Waals surface area contributed by atoms with Gasteiger partial charge >= 0.3 is 0 Å². The van der Waals surface area contributed by atoms with E-state index in [0.29, 0.717) is 24.7 Å². The Morgan fingerprint density at radius 3 is 2.25 bits per heavy atom. The predicted molar refractivity (Wildman–Crippen MR) is 81.4 cm³/mol. The van der Waals surface area contributed by atoms with Gasteiger partial charge in [0.1, 0.15) is 0 Å². The summed E-state index contributed by atoms with van der Waals surface area (Å²) in [7, 11) is 0. The van der Waals surface area contributed by atoms with Gasteiger partial charge in [-0.15, -0.1) is 0 Å². The molecule has 0 aliphatic carbocycles. The molecule has 0 aliphatic heterocycles. The standard InChI is InChI=1S/C16H17ClN2O/c17-15-8-6-14(7-9-15)10-18-12-16(20)19-11-13-4-2-1-3-5-13/h1-9,18H,10-12H2,(H,19,20). The van der Waals surface area contributed by atoms with E-state index in [4.69, 9.17) is 11.6 Å². The van der Waals surface area contributed by atoms with Gasteiger partial charge in [0.25, 0.3) is 0 Å². The normalized spacial score (nSPS) is 10.2. The van der Waals surface area contributed by atoms with Gasteiger partial charge in [-0.25, -0.2) is 0 Å². The fourth-order valence-corrected chi connectivity index (χ4v) is 1.91. The molecule has 4 heteroatoms. The smallest absolute Gasteiger partial charge is 0.234 e. The van der Waals surface area contributed by atoms with E-state index < -0.39 is 0 Å². The molecule has 104 valence electrons. The Morgan fingerprint density at radius 2 is 1.55 bits per heavy atom. The lowest BCUT2D eigenvalue weighted by molar-refractivity contribution is -0.120. The molecule has 0 fully saturated rings. The van der Waals surface area contributed by atoms with Crippen molar-refractivity contribution in [1.82, 2.24) is 10.6 Å². The van der Waals surface area contributed by atoms with Gasteiger partial charge in [-0.05, 0) is 23.3 Å². The Morgan fingerprint density at radius 1 is 0.900 bits per heavy atom. The van der Waals surface area contributed by atoms with Crippen molar-refractivity contribution in [3.8, 4) is 0 Å². The highest BCUT2D eigenvalue weighted by molar-refractivity contribution is 6.30. The number of benzene rings is 2. The molecule has 0 unspecified atom stereocenters. The first-order valence-electron chi connectivity index (χ1n) is 6.50. The Hall–Kier alpha value is -1.84. The summed E-state index contributed by atoms with van der Waals surface area (Å²) in [5, 5.41) is 6.69. The molecule has 0 saturated carbocycles. The number of hydrogen-bond acceptors (Lipinski definition) is 2. The van der Waals surface area contributed by atoms with Crippen LogP contribution in [0.1, 0.15) is 11.1 Å². The van der Waals surface area contributed by atoms with Crippen LogP contribution in [0.25, 0.3) is 0 Å². The number of hydrogen-bond donors (Lipinski definition) is 2. The van der Waals surface area contributed by atoms with E-state index in [-0.39, 0.29) is 5.91 Å². The molecule has 2 aromatic carbocycles. The SMILES string of the molecule is O=C(CNCc1ccc(Cl)cc1)NCc1ccccc1. The summed E-state index contributed by atoms with van der Waals surface area (Å²) in [5.41, 5.74) is 2.20. The first kappa shape index (κ1) is 14.6. The Kier molecular flexibility index (Phi) is 5.59. The van der Waals surface area contributed by atoms with Gasteiger partial charge in [0, 0.05) is 18.1 Å². The lowest BCUT2D eigenvalue weighted by Crippen LogP contribution is -2.33. The molecule has 2 rings (SSSR count). The Labute approximate surface area is 124 Å². The fourth-order valence-electron chi connectivity index (χ4n) is 1.78. The summed E-state index contributed by atoms with van der Waals surface area (Å²) in [6.07, 6.45) is 0. The number of carbonyl (C=O) groups excluding carboxylic acids is 1. The van der Waals surface area contributed by atoms with E-state index in [1.165, 1.54) is 0 Å².